The molecule has 0 saturated carbocycles. The zero-order valence-electron chi connectivity index (χ0n) is 17.5. The predicted molar refractivity (Wildman–Crippen MR) is 124 cm³/mol. The molecule has 2 N–H and O–H groups in total. The molecule has 2 atom stereocenters. The number of pyridine rings is 1. The highest BCUT2D eigenvalue weighted by Gasteiger charge is 2.17. The number of rotatable bonds is 6. The highest BCUT2D eigenvalue weighted by Crippen LogP contribution is 2.24. The van der Waals surface area contributed by atoms with Crippen LogP contribution in [-0.2, 0) is 22.2 Å². The molecular weight excluding hydrogens is 394 g/mol. The van der Waals surface area contributed by atoms with Crippen LogP contribution in [0.3, 0.4) is 0 Å². The van der Waals surface area contributed by atoms with Gasteiger partial charge in [0.2, 0.25) is 0 Å². The van der Waals surface area contributed by atoms with Gasteiger partial charge >= 0.3 is 0 Å². The standard InChI is InChI=1S/C23H25N5OS/c1-15(19-10-9-18-7-5-6-8-20(18)13-19)25-22-12-11-21(14-24-22)30(29)27-23-16(2)26-28(4)17(23)3/h5-15H,1-4H3,(H,24,25)(H,27,29)/p+1/t15-,30?/m1/s1. The van der Waals surface area contributed by atoms with Crippen LogP contribution in [0, 0.1) is 13.8 Å². The third-order valence-electron chi connectivity index (χ3n) is 5.34. The summed E-state index contributed by atoms with van der Waals surface area (Å²) in [7, 11) is 0.0632. The van der Waals surface area contributed by atoms with Gasteiger partial charge in [-0.25, -0.2) is 4.98 Å². The first-order valence-corrected chi connectivity index (χ1v) is 11.1. The van der Waals surface area contributed by atoms with Crippen molar-refractivity contribution in [3.8, 4) is 0 Å². The molecule has 0 radical (unpaired) electrons. The third kappa shape index (κ3) is 4.07. The van der Waals surface area contributed by atoms with Gasteiger partial charge < -0.3 is 5.32 Å². The number of aromatic nitrogens is 3. The smallest absolute Gasteiger partial charge is 0.198 e. The summed E-state index contributed by atoms with van der Waals surface area (Å²) in [4.78, 5) is 5.11. The maximum Gasteiger partial charge on any atom is 0.198 e. The van der Waals surface area contributed by atoms with Crippen LogP contribution in [0.25, 0.3) is 10.8 Å². The summed E-state index contributed by atoms with van der Waals surface area (Å²) in [6, 6.07) is 18.6. The van der Waals surface area contributed by atoms with Crippen molar-refractivity contribution >= 4 is 33.3 Å². The van der Waals surface area contributed by atoms with E-state index >= 15 is 0 Å². The largest absolute Gasteiger partial charge is 0.364 e. The molecule has 154 valence electrons. The Balaban J connectivity index is 1.45. The average molecular weight is 421 g/mol. The molecule has 0 spiro atoms. The number of hydrogen-bond acceptors (Lipinski definition) is 4. The second kappa shape index (κ2) is 8.28. The lowest BCUT2D eigenvalue weighted by Gasteiger charge is -2.15. The van der Waals surface area contributed by atoms with Crippen LogP contribution in [-0.4, -0.2) is 14.8 Å². The number of fused-ring (bicyclic) bond motifs is 1. The zero-order valence-corrected chi connectivity index (χ0v) is 18.4. The van der Waals surface area contributed by atoms with Crippen molar-refractivity contribution in [2.75, 3.05) is 10.0 Å². The normalized spacial score (nSPS) is 13.2. The van der Waals surface area contributed by atoms with Gasteiger partial charge in [-0.15, -0.1) is 0 Å². The van der Waals surface area contributed by atoms with E-state index in [9.17, 15) is 4.21 Å². The fourth-order valence-corrected chi connectivity index (χ4v) is 4.50. The fourth-order valence-electron chi connectivity index (χ4n) is 3.48. The van der Waals surface area contributed by atoms with Crippen LogP contribution in [0.4, 0.5) is 11.5 Å². The lowest BCUT2D eigenvalue weighted by atomic mass is 10.0. The zero-order chi connectivity index (χ0) is 21.3. The van der Waals surface area contributed by atoms with Crippen LogP contribution >= 0.6 is 0 Å². The maximum atomic E-state index is 12.7. The molecule has 0 aliphatic rings. The molecule has 2 heterocycles. The van der Waals surface area contributed by atoms with Gasteiger partial charge in [0, 0.05) is 19.2 Å². The fraction of sp³-hybridized carbons (Fsp3) is 0.217. The topological polar surface area (TPSA) is 71.8 Å². The summed E-state index contributed by atoms with van der Waals surface area (Å²) in [5, 5.41) is 10.2. The molecule has 6 nitrogen and oxygen atoms in total. The Morgan fingerprint density at radius 1 is 1.03 bits per heavy atom. The summed E-state index contributed by atoms with van der Waals surface area (Å²) in [6.07, 6.45) is 1.65. The van der Waals surface area contributed by atoms with Crippen LogP contribution in [0.1, 0.15) is 29.9 Å². The second-order valence-electron chi connectivity index (χ2n) is 7.45. The first-order chi connectivity index (χ1) is 14.4. The van der Waals surface area contributed by atoms with E-state index in [1.807, 2.05) is 45.2 Å². The highest BCUT2D eigenvalue weighted by molar-refractivity contribution is 7.86. The van der Waals surface area contributed by atoms with E-state index in [1.54, 1.807) is 10.9 Å². The summed E-state index contributed by atoms with van der Waals surface area (Å²) in [5.41, 5.74) is 3.78. The van der Waals surface area contributed by atoms with Gasteiger partial charge in [-0.05, 0) is 49.2 Å². The third-order valence-corrected chi connectivity index (χ3v) is 6.50. The minimum atomic E-state index is -1.81. The Kier molecular flexibility index (Phi) is 5.55. The molecular formula is C23H26N5OS+. The van der Waals surface area contributed by atoms with Gasteiger partial charge in [0.05, 0.1) is 17.6 Å². The number of benzene rings is 2. The molecule has 0 aliphatic heterocycles. The highest BCUT2D eigenvalue weighted by atomic mass is 32.2. The average Bonchev–Trinajstić information content (AvgIpc) is 2.99. The molecule has 30 heavy (non-hydrogen) atoms. The number of aryl methyl sites for hydroxylation is 2. The van der Waals surface area contributed by atoms with Crippen molar-refractivity contribution in [1.29, 1.82) is 0 Å². The van der Waals surface area contributed by atoms with Gasteiger partial charge in [-0.1, -0.05) is 40.6 Å². The number of nitrogens with zero attached hydrogens (tertiary/aromatic N) is 3. The Morgan fingerprint density at radius 3 is 2.47 bits per heavy atom. The number of anilines is 2. The van der Waals surface area contributed by atoms with Gasteiger partial charge in [-0.2, -0.15) is 9.82 Å². The van der Waals surface area contributed by atoms with Crippen LogP contribution in [0.5, 0.6) is 0 Å². The lowest BCUT2D eigenvalue weighted by molar-refractivity contribution is 0.598. The van der Waals surface area contributed by atoms with Crippen LogP contribution in [0.2, 0.25) is 0 Å². The maximum absolute atomic E-state index is 12.7. The Bertz CT molecular complexity index is 1220. The van der Waals surface area contributed by atoms with E-state index in [0.29, 0.717) is 4.90 Å². The summed E-state index contributed by atoms with van der Waals surface area (Å²) in [5.74, 6) is 0.747. The van der Waals surface area contributed by atoms with Crippen molar-refractivity contribution in [2.24, 2.45) is 7.05 Å². The SMILES string of the molecule is Cc1nn(C)c(C)c1N[SH+](=O)c1ccc(N[C@H](C)c2ccc3ccccc3c2)nc1. The molecule has 0 bridgehead atoms. The van der Waals surface area contributed by atoms with E-state index in [1.165, 1.54) is 16.3 Å². The molecule has 0 fully saturated rings. The van der Waals surface area contributed by atoms with Crippen molar-refractivity contribution in [1.82, 2.24) is 14.8 Å². The molecule has 2 aromatic heterocycles. The van der Waals surface area contributed by atoms with Crippen molar-refractivity contribution in [2.45, 2.75) is 31.7 Å². The Labute approximate surface area is 178 Å². The molecule has 4 aromatic rings. The minimum absolute atomic E-state index is 0.0977. The van der Waals surface area contributed by atoms with Gasteiger partial charge in [0.25, 0.3) is 0 Å². The summed E-state index contributed by atoms with van der Waals surface area (Å²) < 4.78 is 17.6. The molecule has 4 rings (SSSR count). The van der Waals surface area contributed by atoms with Crippen molar-refractivity contribution < 1.29 is 4.21 Å². The molecule has 0 saturated heterocycles. The van der Waals surface area contributed by atoms with Crippen molar-refractivity contribution in [3.63, 3.8) is 0 Å². The Morgan fingerprint density at radius 2 is 1.80 bits per heavy atom. The predicted octanol–water partition coefficient (Wildman–Crippen LogP) is 4.84. The summed E-state index contributed by atoms with van der Waals surface area (Å²) >= 11 is 0. The number of nitrogens with one attached hydrogen (secondary N) is 2. The number of thiol groups is 1. The first-order valence-electron chi connectivity index (χ1n) is 9.88. The second-order valence-corrected chi connectivity index (χ2v) is 8.78. The molecule has 7 heteroatoms. The molecule has 0 aliphatic carbocycles. The molecule has 0 amide bonds. The van der Waals surface area contributed by atoms with Crippen molar-refractivity contribution in [3.05, 3.63) is 77.7 Å². The quantitative estimate of drug-likeness (QED) is 0.346. The van der Waals surface area contributed by atoms with E-state index < -0.39 is 11.0 Å². The van der Waals surface area contributed by atoms with E-state index in [2.05, 4.69) is 57.4 Å². The molecule has 1 unspecified atom stereocenters. The lowest BCUT2D eigenvalue weighted by Crippen LogP contribution is -2.09. The molecule has 2 aromatic carbocycles. The van der Waals surface area contributed by atoms with E-state index in [0.717, 1.165) is 22.9 Å². The monoisotopic (exact) mass is 420 g/mol. The number of hydrogen-bond donors (Lipinski definition) is 2. The van der Waals surface area contributed by atoms with Crippen LogP contribution < -0.4 is 10.0 Å². The van der Waals surface area contributed by atoms with Gasteiger partial charge in [0.15, 0.2) is 15.9 Å². The Hall–Kier alpha value is -3.19. The van der Waals surface area contributed by atoms with Crippen LogP contribution in [0.15, 0.2) is 65.7 Å². The first kappa shape index (κ1) is 20.1. The van der Waals surface area contributed by atoms with Gasteiger partial charge in [0.1, 0.15) is 11.5 Å². The summed E-state index contributed by atoms with van der Waals surface area (Å²) in [6.45, 7) is 5.96. The van der Waals surface area contributed by atoms with E-state index in [4.69, 9.17) is 0 Å². The minimum Gasteiger partial charge on any atom is -0.364 e. The van der Waals surface area contributed by atoms with Gasteiger partial charge in [-0.3, -0.25) is 4.68 Å². The van der Waals surface area contributed by atoms with E-state index in [-0.39, 0.29) is 6.04 Å².